The lowest BCUT2D eigenvalue weighted by molar-refractivity contribution is -0.134. The van der Waals surface area contributed by atoms with Crippen molar-refractivity contribution in [2.45, 2.75) is 31.4 Å². The maximum Gasteiger partial charge on any atom is 0.255 e. The van der Waals surface area contributed by atoms with Gasteiger partial charge in [0.1, 0.15) is 12.4 Å². The summed E-state index contributed by atoms with van der Waals surface area (Å²) in [6.45, 7) is 4.16. The summed E-state index contributed by atoms with van der Waals surface area (Å²) < 4.78 is 17.3. The number of fused-ring (bicyclic) bond motifs is 1. The lowest BCUT2D eigenvalue weighted by Gasteiger charge is -2.40. The summed E-state index contributed by atoms with van der Waals surface area (Å²) >= 11 is 6.40. The summed E-state index contributed by atoms with van der Waals surface area (Å²) in [5, 5.41) is 6.79. The van der Waals surface area contributed by atoms with Crippen LogP contribution in [0.3, 0.4) is 0 Å². The Kier molecular flexibility index (Phi) is 9.06. The number of H-pyrrole nitrogens is 1. The molecule has 0 aliphatic carbocycles. The molecule has 232 valence electrons. The summed E-state index contributed by atoms with van der Waals surface area (Å²) in [5.41, 5.74) is 4.00. The van der Waals surface area contributed by atoms with Crippen molar-refractivity contribution in [3.05, 3.63) is 65.1 Å². The number of aromatic amines is 1. The molecule has 0 bridgehead atoms. The second kappa shape index (κ2) is 13.3. The lowest BCUT2D eigenvalue weighted by Crippen LogP contribution is -2.53. The Bertz CT molecular complexity index is 1560. The highest BCUT2D eigenvalue weighted by atomic mass is 35.5. The topological polar surface area (TPSA) is 121 Å². The Labute approximate surface area is 261 Å². The minimum absolute atomic E-state index is 0.0104. The number of anilines is 2. The third kappa shape index (κ3) is 6.12. The zero-order valence-electron chi connectivity index (χ0n) is 24.9. The summed E-state index contributed by atoms with van der Waals surface area (Å²) in [6, 6.07) is 7.22. The second-order valence-corrected chi connectivity index (χ2v) is 11.6. The monoisotopic (exact) mass is 620 g/mol. The van der Waals surface area contributed by atoms with Crippen molar-refractivity contribution in [1.82, 2.24) is 25.1 Å². The molecule has 12 heteroatoms. The number of hydrogen-bond acceptors (Lipinski definition) is 8. The SMILES string of the molecule is COc1c(Cl)cccc1Nc1c(-c2ccncc2OC[C@H]2CCN2C(=O)/C=C/CN2CC[C@@H](OC)C2)[nH]c2c1C(=O)NCC2. The Morgan fingerprint density at radius 3 is 2.89 bits per heavy atom. The van der Waals surface area contributed by atoms with E-state index in [9.17, 15) is 9.59 Å². The van der Waals surface area contributed by atoms with E-state index in [4.69, 9.17) is 25.8 Å². The van der Waals surface area contributed by atoms with Gasteiger partial charge in [0.2, 0.25) is 5.91 Å². The molecule has 3 aliphatic heterocycles. The van der Waals surface area contributed by atoms with E-state index in [-0.39, 0.29) is 24.0 Å². The van der Waals surface area contributed by atoms with Gasteiger partial charge >= 0.3 is 0 Å². The van der Waals surface area contributed by atoms with Crippen molar-refractivity contribution >= 4 is 34.8 Å². The lowest BCUT2D eigenvalue weighted by atomic mass is 10.0. The van der Waals surface area contributed by atoms with Crippen LogP contribution >= 0.6 is 11.6 Å². The molecule has 0 radical (unpaired) electrons. The number of rotatable bonds is 11. The van der Waals surface area contributed by atoms with Gasteiger partial charge in [-0.25, -0.2) is 0 Å². The highest BCUT2D eigenvalue weighted by molar-refractivity contribution is 6.32. The zero-order chi connectivity index (χ0) is 30.6. The number of pyridine rings is 1. The molecule has 0 saturated carbocycles. The molecule has 3 aliphatic rings. The van der Waals surface area contributed by atoms with E-state index in [0.29, 0.717) is 65.3 Å². The van der Waals surface area contributed by atoms with Crippen molar-refractivity contribution in [3.63, 3.8) is 0 Å². The van der Waals surface area contributed by atoms with Gasteiger partial charge in [-0.1, -0.05) is 23.7 Å². The number of benzene rings is 1. The second-order valence-electron chi connectivity index (χ2n) is 11.1. The summed E-state index contributed by atoms with van der Waals surface area (Å²) in [7, 11) is 3.29. The van der Waals surface area contributed by atoms with Crippen LogP contribution in [0.4, 0.5) is 11.4 Å². The number of carbonyl (C=O) groups excluding carboxylic acids is 2. The van der Waals surface area contributed by atoms with Crippen molar-refractivity contribution in [2.24, 2.45) is 0 Å². The molecule has 0 spiro atoms. The summed E-state index contributed by atoms with van der Waals surface area (Å²) in [4.78, 5) is 37.9. The standard InChI is InChI=1S/C32H37ClN6O5/c1-42-21-11-15-38(18-21)14-4-7-27(40)39-16-10-20(39)19-44-26-17-34-12-8-22(26)29-30(28-24(36-29)9-13-35-32(28)41)37-25-6-3-5-23(33)31(25)43-2/h3-8,12,17,20-21,36-37H,9-11,13-16,18-19H2,1-2H3,(H,35,41)/b7-4+/t20-,21-/m1/s1. The van der Waals surface area contributed by atoms with Crippen LogP contribution in [0.5, 0.6) is 11.5 Å². The number of hydrogen-bond donors (Lipinski definition) is 3. The van der Waals surface area contributed by atoms with Gasteiger partial charge in [-0.15, -0.1) is 0 Å². The third-order valence-electron chi connectivity index (χ3n) is 8.49. The van der Waals surface area contributed by atoms with E-state index in [1.165, 1.54) is 0 Å². The van der Waals surface area contributed by atoms with Gasteiger partial charge < -0.3 is 34.7 Å². The van der Waals surface area contributed by atoms with E-state index in [1.807, 2.05) is 29.2 Å². The van der Waals surface area contributed by atoms with Gasteiger partial charge in [-0.05, 0) is 31.0 Å². The van der Waals surface area contributed by atoms with Crippen LogP contribution in [-0.4, -0.2) is 97.3 Å². The fourth-order valence-corrected chi connectivity index (χ4v) is 6.25. The van der Waals surface area contributed by atoms with E-state index in [1.54, 1.807) is 38.8 Å². The predicted octanol–water partition coefficient (Wildman–Crippen LogP) is 4.02. The molecule has 3 N–H and O–H groups in total. The molecule has 11 nitrogen and oxygen atoms in total. The fourth-order valence-electron chi connectivity index (χ4n) is 6.00. The molecule has 2 saturated heterocycles. The molecule has 44 heavy (non-hydrogen) atoms. The van der Waals surface area contributed by atoms with Crippen LogP contribution in [0.15, 0.2) is 48.8 Å². The first-order valence-corrected chi connectivity index (χ1v) is 15.3. The molecule has 2 fully saturated rings. The first-order chi connectivity index (χ1) is 21.5. The highest BCUT2D eigenvalue weighted by Crippen LogP contribution is 2.43. The Morgan fingerprint density at radius 1 is 1.23 bits per heavy atom. The van der Waals surface area contributed by atoms with Crippen LogP contribution in [-0.2, 0) is 16.0 Å². The van der Waals surface area contributed by atoms with Gasteiger partial charge in [0.15, 0.2) is 5.75 Å². The van der Waals surface area contributed by atoms with Crippen molar-refractivity contribution in [1.29, 1.82) is 0 Å². The smallest absolute Gasteiger partial charge is 0.255 e. The summed E-state index contributed by atoms with van der Waals surface area (Å²) in [5.74, 6) is 0.836. The number of ether oxygens (including phenoxy) is 3. The zero-order valence-corrected chi connectivity index (χ0v) is 25.7. The van der Waals surface area contributed by atoms with E-state index in [2.05, 4.69) is 25.5 Å². The quantitative estimate of drug-likeness (QED) is 0.275. The molecule has 6 rings (SSSR count). The number of carbonyl (C=O) groups is 2. The molecule has 2 aromatic heterocycles. The Morgan fingerprint density at radius 2 is 2.11 bits per heavy atom. The number of methoxy groups -OCH3 is 2. The van der Waals surface area contributed by atoms with Gasteiger partial charge in [-0.3, -0.25) is 19.5 Å². The van der Waals surface area contributed by atoms with Gasteiger partial charge in [0, 0.05) is 69.8 Å². The van der Waals surface area contributed by atoms with Crippen LogP contribution in [0.25, 0.3) is 11.3 Å². The number of aromatic nitrogens is 2. The largest absolute Gasteiger partial charge is 0.493 e. The summed E-state index contributed by atoms with van der Waals surface area (Å²) in [6.07, 6.45) is 9.74. The molecule has 2 atom stereocenters. The molecule has 5 heterocycles. The molecular weight excluding hydrogens is 584 g/mol. The van der Waals surface area contributed by atoms with E-state index < -0.39 is 0 Å². The van der Waals surface area contributed by atoms with E-state index in [0.717, 1.165) is 43.7 Å². The number of para-hydroxylation sites is 1. The van der Waals surface area contributed by atoms with Crippen LogP contribution in [0.1, 0.15) is 28.9 Å². The highest BCUT2D eigenvalue weighted by Gasteiger charge is 2.33. The normalized spacial score (nSPS) is 19.9. The minimum atomic E-state index is -0.173. The number of nitrogens with zero attached hydrogens (tertiary/aromatic N) is 3. The first-order valence-electron chi connectivity index (χ1n) is 14.9. The Hall–Kier alpha value is -4.06. The third-order valence-corrected chi connectivity index (χ3v) is 8.79. The first kappa shape index (κ1) is 30.0. The Balaban J connectivity index is 1.19. The van der Waals surface area contributed by atoms with Crippen LogP contribution in [0, 0.1) is 0 Å². The minimum Gasteiger partial charge on any atom is -0.493 e. The van der Waals surface area contributed by atoms with Crippen molar-refractivity contribution in [3.8, 4) is 22.8 Å². The van der Waals surface area contributed by atoms with Gasteiger partial charge in [0.05, 0.1) is 53.1 Å². The molecule has 1 aromatic carbocycles. The molecule has 2 amide bonds. The van der Waals surface area contributed by atoms with Crippen molar-refractivity contribution in [2.75, 3.05) is 58.9 Å². The fraction of sp³-hybridized carbons (Fsp3) is 0.406. The van der Waals surface area contributed by atoms with E-state index >= 15 is 0 Å². The molecule has 3 aromatic rings. The van der Waals surface area contributed by atoms with Crippen molar-refractivity contribution < 1.29 is 23.8 Å². The number of amides is 2. The number of halogens is 1. The number of nitrogens with one attached hydrogen (secondary N) is 3. The molecular formula is C32H37ClN6O5. The molecule has 0 unspecified atom stereocenters. The van der Waals surface area contributed by atoms with Gasteiger partial charge in [-0.2, -0.15) is 0 Å². The van der Waals surface area contributed by atoms with Crippen LogP contribution < -0.4 is 20.1 Å². The maximum absolute atomic E-state index is 13.1. The maximum atomic E-state index is 13.1. The average Bonchev–Trinajstić information content (AvgIpc) is 3.62. The predicted molar refractivity (Wildman–Crippen MR) is 168 cm³/mol. The van der Waals surface area contributed by atoms with Crippen LogP contribution in [0.2, 0.25) is 5.02 Å². The number of likely N-dealkylation sites (tertiary alicyclic amines) is 2. The average molecular weight is 621 g/mol. The van der Waals surface area contributed by atoms with Gasteiger partial charge in [0.25, 0.3) is 5.91 Å².